The zero-order chi connectivity index (χ0) is 20.3. The number of nitrogens with zero attached hydrogens (tertiary/aromatic N) is 3. The molecule has 0 aliphatic rings. The average Bonchev–Trinajstić information content (AvgIpc) is 2.64. The molecule has 0 radical (unpaired) electrons. The maximum Gasteiger partial charge on any atom is 0.274 e. The number of hydrogen-bond acceptors (Lipinski definition) is 5. The van der Waals surface area contributed by atoms with E-state index in [1.165, 1.54) is 12.1 Å². The summed E-state index contributed by atoms with van der Waals surface area (Å²) in [5, 5.41) is 5.50. The summed E-state index contributed by atoms with van der Waals surface area (Å²) in [6.45, 7) is 1.62. The molecular formula is C20H19F2N5O. The predicted molar refractivity (Wildman–Crippen MR) is 105 cm³/mol. The van der Waals surface area contributed by atoms with Crippen LogP contribution in [0.5, 0.6) is 0 Å². The van der Waals surface area contributed by atoms with E-state index in [1.54, 1.807) is 19.1 Å². The Morgan fingerprint density at radius 3 is 2.36 bits per heavy atom. The van der Waals surface area contributed by atoms with Crippen molar-refractivity contribution in [2.24, 2.45) is 0 Å². The van der Waals surface area contributed by atoms with Crippen LogP contribution in [0.2, 0.25) is 0 Å². The highest BCUT2D eigenvalue weighted by Crippen LogP contribution is 2.21. The van der Waals surface area contributed by atoms with Gasteiger partial charge in [0.2, 0.25) is 0 Å². The topological polar surface area (TPSA) is 70.2 Å². The Kier molecular flexibility index (Phi) is 5.49. The van der Waals surface area contributed by atoms with Crippen molar-refractivity contribution in [3.05, 3.63) is 71.7 Å². The highest BCUT2D eigenvalue weighted by molar-refractivity contribution is 6.03. The lowest BCUT2D eigenvalue weighted by atomic mass is 10.2. The van der Waals surface area contributed by atoms with Crippen LogP contribution < -0.4 is 15.5 Å². The van der Waals surface area contributed by atoms with Gasteiger partial charge in [-0.1, -0.05) is 0 Å². The Balaban J connectivity index is 1.79. The van der Waals surface area contributed by atoms with E-state index in [0.717, 1.165) is 17.8 Å². The van der Waals surface area contributed by atoms with Gasteiger partial charge in [0.25, 0.3) is 5.91 Å². The van der Waals surface area contributed by atoms with Gasteiger partial charge in [0, 0.05) is 37.6 Å². The molecule has 0 bridgehead atoms. The van der Waals surface area contributed by atoms with E-state index >= 15 is 0 Å². The van der Waals surface area contributed by atoms with Crippen LogP contribution in [0.25, 0.3) is 0 Å². The standard InChI is InChI=1S/C20H19F2N5O/c1-12-23-18(20(28)25-14-5-7-15(8-6-14)27(2)3)11-19(24-12)26-17-9-4-13(21)10-16(17)22/h4-11H,1-3H3,(H,25,28)(H,23,24,26). The molecule has 0 saturated carbocycles. The highest BCUT2D eigenvalue weighted by Gasteiger charge is 2.13. The largest absolute Gasteiger partial charge is 0.378 e. The first kappa shape index (κ1) is 19.2. The third-order valence-corrected chi connectivity index (χ3v) is 3.91. The lowest BCUT2D eigenvalue weighted by molar-refractivity contribution is 0.102. The van der Waals surface area contributed by atoms with Crippen molar-refractivity contribution >= 4 is 28.8 Å². The lowest BCUT2D eigenvalue weighted by Crippen LogP contribution is -2.15. The second-order valence-electron chi connectivity index (χ2n) is 6.33. The summed E-state index contributed by atoms with van der Waals surface area (Å²) in [6.07, 6.45) is 0. The first-order chi connectivity index (χ1) is 13.3. The Hall–Kier alpha value is -3.55. The van der Waals surface area contributed by atoms with Crippen LogP contribution >= 0.6 is 0 Å². The Labute approximate surface area is 161 Å². The first-order valence-corrected chi connectivity index (χ1v) is 8.48. The Morgan fingerprint density at radius 1 is 1.00 bits per heavy atom. The van der Waals surface area contributed by atoms with Crippen LogP contribution in [0.1, 0.15) is 16.3 Å². The second-order valence-corrected chi connectivity index (χ2v) is 6.33. The molecule has 2 N–H and O–H groups in total. The minimum absolute atomic E-state index is 0.0464. The maximum atomic E-state index is 13.8. The number of aryl methyl sites for hydroxylation is 1. The van der Waals surface area contributed by atoms with Crippen LogP contribution in [0.4, 0.5) is 31.7 Å². The molecular weight excluding hydrogens is 364 g/mol. The molecule has 0 saturated heterocycles. The fourth-order valence-electron chi connectivity index (χ4n) is 2.51. The third-order valence-electron chi connectivity index (χ3n) is 3.91. The van der Waals surface area contributed by atoms with Crippen LogP contribution in [0.3, 0.4) is 0 Å². The Bertz CT molecular complexity index is 1010. The smallest absolute Gasteiger partial charge is 0.274 e. The summed E-state index contributed by atoms with van der Waals surface area (Å²) < 4.78 is 26.9. The molecule has 0 atom stereocenters. The van der Waals surface area contributed by atoms with Crippen LogP contribution in [0.15, 0.2) is 48.5 Å². The molecule has 1 aromatic heterocycles. The minimum Gasteiger partial charge on any atom is -0.378 e. The molecule has 1 amide bonds. The molecule has 3 rings (SSSR count). The molecule has 144 valence electrons. The van der Waals surface area contributed by atoms with Gasteiger partial charge in [0.1, 0.15) is 29.0 Å². The molecule has 28 heavy (non-hydrogen) atoms. The third kappa shape index (κ3) is 4.59. The lowest BCUT2D eigenvalue weighted by Gasteiger charge is -2.13. The second kappa shape index (κ2) is 7.99. The van der Waals surface area contributed by atoms with Gasteiger partial charge >= 0.3 is 0 Å². The van der Waals surface area contributed by atoms with Gasteiger partial charge in [-0.3, -0.25) is 4.79 Å². The van der Waals surface area contributed by atoms with Crippen molar-refractivity contribution < 1.29 is 13.6 Å². The number of carbonyl (C=O) groups excluding carboxylic acids is 1. The summed E-state index contributed by atoms with van der Waals surface area (Å²) >= 11 is 0. The number of halogens is 2. The summed E-state index contributed by atoms with van der Waals surface area (Å²) in [4.78, 5) is 22.8. The van der Waals surface area contributed by atoms with Crippen molar-refractivity contribution in [2.45, 2.75) is 6.92 Å². The first-order valence-electron chi connectivity index (χ1n) is 8.48. The number of aromatic nitrogens is 2. The van der Waals surface area contributed by atoms with Crippen molar-refractivity contribution in [3.63, 3.8) is 0 Å². The molecule has 6 nitrogen and oxygen atoms in total. The SMILES string of the molecule is Cc1nc(Nc2ccc(F)cc2F)cc(C(=O)Nc2ccc(N(C)C)cc2)n1. The van der Waals surface area contributed by atoms with Crippen molar-refractivity contribution in [1.82, 2.24) is 9.97 Å². The summed E-state index contributed by atoms with van der Waals surface area (Å²) in [6, 6.07) is 11.9. The van der Waals surface area contributed by atoms with Gasteiger partial charge in [-0.2, -0.15) is 0 Å². The number of benzene rings is 2. The number of carbonyl (C=O) groups is 1. The molecule has 0 aliphatic carbocycles. The van der Waals surface area contributed by atoms with Gasteiger partial charge in [-0.15, -0.1) is 0 Å². The van der Waals surface area contributed by atoms with E-state index in [2.05, 4.69) is 20.6 Å². The summed E-state index contributed by atoms with van der Waals surface area (Å²) in [7, 11) is 3.85. The van der Waals surface area contributed by atoms with Gasteiger partial charge in [-0.05, 0) is 43.3 Å². The maximum absolute atomic E-state index is 13.8. The summed E-state index contributed by atoms with van der Waals surface area (Å²) in [5.41, 5.74) is 1.79. The van der Waals surface area contributed by atoms with Gasteiger partial charge in [0.15, 0.2) is 0 Å². The molecule has 1 heterocycles. The van der Waals surface area contributed by atoms with Gasteiger partial charge in [-0.25, -0.2) is 18.7 Å². The number of rotatable bonds is 5. The van der Waals surface area contributed by atoms with Crippen LogP contribution in [-0.2, 0) is 0 Å². The summed E-state index contributed by atoms with van der Waals surface area (Å²) in [5.74, 6) is -1.30. The average molecular weight is 383 g/mol. The van der Waals surface area contributed by atoms with E-state index in [-0.39, 0.29) is 17.2 Å². The predicted octanol–water partition coefficient (Wildman–Crippen LogP) is 4.13. The zero-order valence-electron chi connectivity index (χ0n) is 15.6. The number of nitrogens with one attached hydrogen (secondary N) is 2. The highest BCUT2D eigenvalue weighted by atomic mass is 19.1. The quantitative estimate of drug-likeness (QED) is 0.693. The van der Waals surface area contributed by atoms with E-state index in [0.29, 0.717) is 11.5 Å². The molecule has 0 aliphatic heterocycles. The van der Waals surface area contributed by atoms with Crippen LogP contribution in [-0.4, -0.2) is 30.0 Å². The number of anilines is 4. The zero-order valence-corrected chi connectivity index (χ0v) is 15.6. The van der Waals surface area contributed by atoms with Crippen LogP contribution in [0, 0.1) is 18.6 Å². The van der Waals surface area contributed by atoms with Crippen molar-refractivity contribution in [3.8, 4) is 0 Å². The number of amides is 1. The minimum atomic E-state index is -0.761. The van der Waals surface area contributed by atoms with E-state index in [4.69, 9.17) is 0 Å². The van der Waals surface area contributed by atoms with Crippen molar-refractivity contribution in [1.29, 1.82) is 0 Å². The fourth-order valence-corrected chi connectivity index (χ4v) is 2.51. The molecule has 2 aromatic carbocycles. The Morgan fingerprint density at radius 2 is 1.71 bits per heavy atom. The monoisotopic (exact) mass is 383 g/mol. The molecule has 0 unspecified atom stereocenters. The van der Waals surface area contributed by atoms with E-state index in [9.17, 15) is 13.6 Å². The number of hydrogen-bond donors (Lipinski definition) is 2. The normalized spacial score (nSPS) is 10.5. The van der Waals surface area contributed by atoms with Crippen molar-refractivity contribution in [2.75, 3.05) is 29.6 Å². The molecule has 0 fully saturated rings. The van der Waals surface area contributed by atoms with Gasteiger partial charge < -0.3 is 15.5 Å². The molecule has 8 heteroatoms. The fraction of sp³-hybridized carbons (Fsp3) is 0.150. The van der Waals surface area contributed by atoms with E-state index < -0.39 is 17.5 Å². The van der Waals surface area contributed by atoms with Gasteiger partial charge in [0.05, 0.1) is 5.69 Å². The van der Waals surface area contributed by atoms with E-state index in [1.807, 2.05) is 31.1 Å². The molecule has 0 spiro atoms. The molecule has 3 aromatic rings.